The number of ether oxygens (including phenoxy) is 1. The average Bonchev–Trinajstić information content (AvgIpc) is 3.12. The third-order valence-electron chi connectivity index (χ3n) is 3.99. The van der Waals surface area contributed by atoms with Gasteiger partial charge in [-0.1, -0.05) is 0 Å². The first kappa shape index (κ1) is 33.4. The van der Waals surface area contributed by atoms with E-state index in [2.05, 4.69) is 28.4 Å². The fourth-order valence-corrected chi connectivity index (χ4v) is 5.83. The number of hydrogen-bond acceptors (Lipinski definition) is 16. The fourth-order valence-electron chi connectivity index (χ4n) is 2.80. The van der Waals surface area contributed by atoms with Gasteiger partial charge in [-0.05, 0) is 0 Å². The molecule has 0 saturated carbocycles. The zero-order valence-electron chi connectivity index (χ0n) is 17.4. The Balaban J connectivity index is 0.00000385. The van der Waals surface area contributed by atoms with E-state index in [-0.39, 0.29) is 24.3 Å². The predicted molar refractivity (Wildman–Crippen MR) is 113 cm³/mol. The van der Waals surface area contributed by atoms with Crippen molar-refractivity contribution in [3.05, 3.63) is 0 Å². The van der Waals surface area contributed by atoms with Crippen LogP contribution in [0.5, 0.6) is 0 Å². The Labute approximate surface area is 195 Å². The van der Waals surface area contributed by atoms with Crippen molar-refractivity contribution in [2.24, 2.45) is 9.98 Å². The maximum absolute atomic E-state index is 11.8. The molecule has 0 aliphatic carbocycles. The van der Waals surface area contributed by atoms with Crippen molar-refractivity contribution in [2.45, 2.75) is 30.6 Å². The summed E-state index contributed by atoms with van der Waals surface area (Å²) in [5, 5.41) is 30.0. The maximum atomic E-state index is 11.8. The molecule has 17 N–H and O–H groups in total. The van der Waals surface area contributed by atoms with Crippen LogP contribution >= 0.6 is 23.5 Å². The number of aliphatic imine (C=N–C) groups is 2. The van der Waals surface area contributed by atoms with Gasteiger partial charge in [0.15, 0.2) is 18.1 Å². The van der Waals surface area contributed by atoms with Crippen LogP contribution in [0.4, 0.5) is 0 Å². The Kier molecular flexibility index (Phi) is 11.2. The van der Waals surface area contributed by atoms with Crippen molar-refractivity contribution in [3.63, 3.8) is 0 Å². The van der Waals surface area contributed by atoms with Gasteiger partial charge in [0.05, 0.1) is 12.9 Å². The van der Waals surface area contributed by atoms with Crippen molar-refractivity contribution in [2.75, 3.05) is 6.61 Å². The number of guanidine groups is 1. The molecule has 0 aromatic heterocycles. The highest BCUT2D eigenvalue weighted by molar-refractivity contribution is 7.66. The van der Waals surface area contributed by atoms with Gasteiger partial charge in [0.1, 0.15) is 18.3 Å². The molecule has 0 aromatic carbocycles. The molecule has 0 radical (unpaired) electrons. The molecule has 3 aliphatic rings. The molecular formula is C10H25N8O14P3. The summed E-state index contributed by atoms with van der Waals surface area (Å²) in [5.41, 5.74) is 0. The number of nitrogens with one attached hydrogen (secondary N) is 2. The molecule has 22 nitrogen and oxygen atoms in total. The summed E-state index contributed by atoms with van der Waals surface area (Å²) in [6.07, 6.45) is -5.35. The quantitative estimate of drug-likeness (QED) is 0.133. The highest BCUT2D eigenvalue weighted by atomic mass is 31.3. The largest absolute Gasteiger partial charge is 0.490 e. The molecule has 35 heavy (non-hydrogen) atoms. The number of phosphoric ester groups is 1. The lowest BCUT2D eigenvalue weighted by molar-refractivity contribution is -0.119. The number of aliphatic hydroxyl groups is 2. The lowest BCUT2D eigenvalue weighted by atomic mass is 10.1. The summed E-state index contributed by atoms with van der Waals surface area (Å²) in [4.78, 5) is 56.1. The van der Waals surface area contributed by atoms with Gasteiger partial charge in [-0.2, -0.15) is 13.6 Å². The standard InChI is InChI=1S/C10H16N5O14P3.3H3N/c11-10-13-7-4(8(18)14-10)12-2-15(7)9-6(17)5(16)3(27-9)1-26-31(22,23)29-32(24,25)28-30(19,20)21;;;/h2-6,9,16-17H,1H2,(H,22,23)(H,24,25)(H2,11,14,18)(H2,19,20,21);3*1H3/t3-,4?,5+,6?,9-;;;/m1.../s1. The summed E-state index contributed by atoms with van der Waals surface area (Å²) in [6, 6.07) is -1.13. The summed E-state index contributed by atoms with van der Waals surface area (Å²) < 4.78 is 50.5. The number of amides is 1. The Bertz CT molecular complexity index is 1020. The van der Waals surface area contributed by atoms with Gasteiger partial charge in [-0.25, -0.2) is 13.7 Å². The number of rotatable bonds is 8. The minimum atomic E-state index is -5.73. The van der Waals surface area contributed by atoms with Crippen LogP contribution in [0.3, 0.4) is 0 Å². The number of fused-ring (bicyclic) bond motifs is 1. The number of amidine groups is 1. The highest BCUT2D eigenvalue weighted by Crippen LogP contribution is 2.66. The zero-order valence-corrected chi connectivity index (χ0v) is 20.1. The molecule has 3 rings (SSSR count). The molecule has 3 aliphatic heterocycles. The van der Waals surface area contributed by atoms with E-state index in [0.717, 1.165) is 11.2 Å². The number of carbonyl (C=O) groups excluding carboxylic acids is 1. The average molecular weight is 574 g/mol. The minimum absolute atomic E-state index is 0. The lowest BCUT2D eigenvalue weighted by Crippen LogP contribution is -2.53. The van der Waals surface area contributed by atoms with Gasteiger partial charge in [-0.15, -0.1) is 0 Å². The number of carbonyl (C=O) groups is 1. The zero-order chi connectivity index (χ0) is 24.1. The second-order valence-corrected chi connectivity index (χ2v) is 10.7. The van der Waals surface area contributed by atoms with Crippen molar-refractivity contribution in [3.8, 4) is 0 Å². The predicted octanol–water partition coefficient (Wildman–Crippen LogP) is -2.56. The topological polar surface area (TPSA) is 395 Å². The van der Waals surface area contributed by atoms with E-state index in [1.807, 2.05) is 0 Å². The molecule has 0 spiro atoms. The molecule has 25 heteroatoms. The SMILES string of the molecule is N.N.N.N=C1N=C2C(N=CN2[C@@H]2O[C@H](COP(=O)(O)OP(=O)(O)OP(=O)(O)O)[C@H](O)C2O)C(=O)N1. The van der Waals surface area contributed by atoms with E-state index >= 15 is 0 Å². The molecule has 0 aromatic rings. The van der Waals surface area contributed by atoms with Crippen LogP contribution in [0.15, 0.2) is 9.98 Å². The third-order valence-corrected chi connectivity index (χ3v) is 7.80. The number of nitrogens with zero attached hydrogens (tertiary/aromatic N) is 3. The van der Waals surface area contributed by atoms with E-state index in [0.29, 0.717) is 0 Å². The van der Waals surface area contributed by atoms with Crippen LogP contribution in [0, 0.1) is 5.41 Å². The van der Waals surface area contributed by atoms with Gasteiger partial charge in [0.2, 0.25) is 5.96 Å². The minimum Gasteiger partial charge on any atom is -0.387 e. The van der Waals surface area contributed by atoms with Gasteiger partial charge >= 0.3 is 23.5 Å². The van der Waals surface area contributed by atoms with Crippen molar-refractivity contribution >= 4 is 47.5 Å². The van der Waals surface area contributed by atoms with E-state index < -0.39 is 72.5 Å². The van der Waals surface area contributed by atoms with E-state index in [1.165, 1.54) is 0 Å². The number of aliphatic hydroxyl groups excluding tert-OH is 2. The van der Waals surface area contributed by atoms with Gasteiger partial charge < -0.3 is 53.0 Å². The summed E-state index contributed by atoms with van der Waals surface area (Å²) in [5.74, 6) is -1.27. The van der Waals surface area contributed by atoms with Crippen LogP contribution < -0.4 is 23.8 Å². The highest BCUT2D eigenvalue weighted by Gasteiger charge is 2.51. The first-order chi connectivity index (χ1) is 14.6. The monoisotopic (exact) mass is 574 g/mol. The van der Waals surface area contributed by atoms with Gasteiger partial charge in [0.25, 0.3) is 5.91 Å². The Morgan fingerprint density at radius 3 is 2.23 bits per heavy atom. The molecule has 204 valence electrons. The van der Waals surface area contributed by atoms with Gasteiger partial charge in [-0.3, -0.25) is 29.9 Å². The van der Waals surface area contributed by atoms with Crippen molar-refractivity contribution in [1.29, 1.82) is 5.41 Å². The lowest BCUT2D eigenvalue weighted by Gasteiger charge is -2.28. The number of hydrogen-bond donors (Lipinski definition) is 11. The fraction of sp³-hybridized carbons (Fsp3) is 0.600. The normalized spacial score (nSPS) is 31.1. The third kappa shape index (κ3) is 7.97. The Morgan fingerprint density at radius 2 is 1.66 bits per heavy atom. The maximum Gasteiger partial charge on any atom is 0.490 e. The van der Waals surface area contributed by atoms with E-state index in [1.54, 1.807) is 0 Å². The molecule has 1 amide bonds. The first-order valence-corrected chi connectivity index (χ1v) is 12.7. The van der Waals surface area contributed by atoms with E-state index in [4.69, 9.17) is 24.8 Å². The van der Waals surface area contributed by atoms with Crippen LogP contribution in [-0.2, 0) is 36.4 Å². The van der Waals surface area contributed by atoms with Crippen molar-refractivity contribution < 1.29 is 66.2 Å². The summed E-state index contributed by atoms with van der Waals surface area (Å²) in [7, 11) is -16.8. The Morgan fingerprint density at radius 1 is 1.06 bits per heavy atom. The summed E-state index contributed by atoms with van der Waals surface area (Å²) >= 11 is 0. The molecule has 1 fully saturated rings. The molecule has 0 bridgehead atoms. The van der Waals surface area contributed by atoms with Crippen molar-refractivity contribution in [1.82, 2.24) is 28.7 Å². The van der Waals surface area contributed by atoms with Crippen LogP contribution in [0.25, 0.3) is 0 Å². The number of phosphoric acid groups is 3. The van der Waals surface area contributed by atoms with Crippen LogP contribution in [0.1, 0.15) is 0 Å². The van der Waals surface area contributed by atoms with E-state index in [9.17, 15) is 33.6 Å². The van der Waals surface area contributed by atoms with Crippen LogP contribution in [-0.4, -0.2) is 95.9 Å². The first-order valence-electron chi connectivity index (χ1n) is 8.18. The second kappa shape index (κ2) is 11.7. The Hall–Kier alpha value is -1.55. The van der Waals surface area contributed by atoms with Crippen LogP contribution in [0.2, 0.25) is 0 Å². The molecule has 7 atom stereocenters. The smallest absolute Gasteiger partial charge is 0.387 e. The summed E-state index contributed by atoms with van der Waals surface area (Å²) in [6.45, 7) is -1.02. The molecule has 4 unspecified atom stereocenters. The molecular weight excluding hydrogens is 549 g/mol. The second-order valence-electron chi connectivity index (χ2n) is 6.32. The molecule has 3 heterocycles. The van der Waals surface area contributed by atoms with Gasteiger partial charge in [0, 0.05) is 0 Å². The molecule has 1 saturated heterocycles.